The number of hydrogen-bond acceptors (Lipinski definition) is 1. The molecular formula is C19H11ClN2. The number of halogens is 1. The Labute approximate surface area is 131 Å². The van der Waals surface area contributed by atoms with E-state index in [1.807, 2.05) is 24.4 Å². The summed E-state index contributed by atoms with van der Waals surface area (Å²) in [6, 6.07) is 18.7. The molecule has 5 aromatic rings. The minimum absolute atomic E-state index is 0.714. The molecule has 2 aromatic heterocycles. The minimum Gasteiger partial charge on any atom is -0.354 e. The lowest BCUT2D eigenvalue weighted by Crippen LogP contribution is -1.82. The number of pyridine rings is 1. The van der Waals surface area contributed by atoms with E-state index in [1.54, 1.807) is 0 Å². The van der Waals surface area contributed by atoms with Crippen LogP contribution in [0.2, 0.25) is 5.02 Å². The van der Waals surface area contributed by atoms with Crippen molar-refractivity contribution in [3.05, 3.63) is 65.8 Å². The molecule has 2 nitrogen and oxygen atoms in total. The third-order valence-corrected chi connectivity index (χ3v) is 4.50. The summed E-state index contributed by atoms with van der Waals surface area (Å²) in [5.74, 6) is 0. The highest BCUT2D eigenvalue weighted by Crippen LogP contribution is 2.32. The molecule has 0 saturated carbocycles. The molecule has 0 atom stereocenters. The van der Waals surface area contributed by atoms with Crippen molar-refractivity contribution >= 4 is 55.1 Å². The maximum absolute atomic E-state index is 6.07. The molecular weight excluding hydrogens is 292 g/mol. The van der Waals surface area contributed by atoms with Gasteiger partial charge < -0.3 is 4.98 Å². The Hall–Kier alpha value is -2.58. The number of hydrogen-bond donors (Lipinski definition) is 1. The fourth-order valence-electron chi connectivity index (χ4n) is 3.23. The predicted molar refractivity (Wildman–Crippen MR) is 93.6 cm³/mol. The number of fused-ring (bicyclic) bond motifs is 6. The van der Waals surface area contributed by atoms with Crippen molar-refractivity contribution in [1.82, 2.24) is 9.97 Å². The predicted octanol–water partition coefficient (Wildman–Crippen LogP) is 5.68. The zero-order chi connectivity index (χ0) is 14.7. The molecule has 0 aliphatic carbocycles. The Kier molecular flexibility index (Phi) is 2.30. The molecule has 0 bridgehead atoms. The summed E-state index contributed by atoms with van der Waals surface area (Å²) in [5, 5.41) is 6.66. The van der Waals surface area contributed by atoms with Crippen LogP contribution in [0.3, 0.4) is 0 Å². The summed E-state index contributed by atoms with van der Waals surface area (Å²) < 4.78 is 0. The number of para-hydroxylation sites is 1. The monoisotopic (exact) mass is 302 g/mol. The lowest BCUT2D eigenvalue weighted by Gasteiger charge is -2.04. The SMILES string of the molecule is Clc1ccc2c(c1)ncc1cc3c(cc12)[nH]c1ccccc13. The average molecular weight is 303 g/mol. The molecule has 1 N–H and O–H groups in total. The number of aromatic amines is 1. The maximum atomic E-state index is 6.07. The highest BCUT2D eigenvalue weighted by Gasteiger charge is 2.08. The van der Waals surface area contributed by atoms with Crippen LogP contribution in [0.15, 0.2) is 60.8 Å². The molecule has 0 aliphatic rings. The first-order valence-electron chi connectivity index (χ1n) is 7.18. The standard InChI is InChI=1S/C19H11ClN2/c20-12-5-6-14-15-9-19-16(7-11(15)10-21-18(14)8-12)13-3-1-2-4-17(13)22-19/h1-10,22H. The molecule has 104 valence electrons. The summed E-state index contributed by atoms with van der Waals surface area (Å²) >= 11 is 6.07. The van der Waals surface area contributed by atoms with Crippen LogP contribution in [0.25, 0.3) is 43.5 Å². The molecule has 0 aliphatic heterocycles. The van der Waals surface area contributed by atoms with Gasteiger partial charge in [0.1, 0.15) is 0 Å². The van der Waals surface area contributed by atoms with Crippen LogP contribution >= 0.6 is 11.6 Å². The van der Waals surface area contributed by atoms with Crippen molar-refractivity contribution in [2.24, 2.45) is 0 Å². The van der Waals surface area contributed by atoms with Gasteiger partial charge in [-0.2, -0.15) is 0 Å². The molecule has 0 spiro atoms. The topological polar surface area (TPSA) is 28.7 Å². The van der Waals surface area contributed by atoms with Crippen molar-refractivity contribution < 1.29 is 0 Å². The van der Waals surface area contributed by atoms with Gasteiger partial charge >= 0.3 is 0 Å². The fourth-order valence-corrected chi connectivity index (χ4v) is 3.40. The van der Waals surface area contributed by atoms with E-state index in [-0.39, 0.29) is 0 Å². The van der Waals surface area contributed by atoms with Crippen LogP contribution in [0.4, 0.5) is 0 Å². The van der Waals surface area contributed by atoms with Crippen molar-refractivity contribution in [2.45, 2.75) is 0 Å². The van der Waals surface area contributed by atoms with E-state index in [0.717, 1.165) is 27.3 Å². The van der Waals surface area contributed by atoms with Gasteiger partial charge in [-0.15, -0.1) is 0 Å². The molecule has 3 aromatic carbocycles. The Morgan fingerprint density at radius 3 is 2.64 bits per heavy atom. The second-order valence-corrected chi connectivity index (χ2v) is 6.01. The Morgan fingerprint density at radius 2 is 1.68 bits per heavy atom. The van der Waals surface area contributed by atoms with Gasteiger partial charge in [0.2, 0.25) is 0 Å². The van der Waals surface area contributed by atoms with Crippen LogP contribution in [-0.2, 0) is 0 Å². The smallest absolute Gasteiger partial charge is 0.0723 e. The van der Waals surface area contributed by atoms with Crippen molar-refractivity contribution in [3.8, 4) is 0 Å². The molecule has 0 amide bonds. The van der Waals surface area contributed by atoms with Crippen LogP contribution in [0, 0.1) is 0 Å². The lowest BCUT2D eigenvalue weighted by atomic mass is 10.0. The van der Waals surface area contributed by atoms with Crippen molar-refractivity contribution in [2.75, 3.05) is 0 Å². The van der Waals surface area contributed by atoms with E-state index in [2.05, 4.69) is 46.4 Å². The van der Waals surface area contributed by atoms with Crippen molar-refractivity contribution in [3.63, 3.8) is 0 Å². The summed E-state index contributed by atoms with van der Waals surface area (Å²) in [6.45, 7) is 0. The van der Waals surface area contributed by atoms with Crippen molar-refractivity contribution in [1.29, 1.82) is 0 Å². The summed E-state index contributed by atoms with van der Waals surface area (Å²) in [4.78, 5) is 8.05. The Bertz CT molecular complexity index is 1190. The van der Waals surface area contributed by atoms with E-state index in [4.69, 9.17) is 11.6 Å². The molecule has 0 saturated heterocycles. The fraction of sp³-hybridized carbons (Fsp3) is 0. The van der Waals surface area contributed by atoms with E-state index in [9.17, 15) is 0 Å². The molecule has 22 heavy (non-hydrogen) atoms. The summed E-state index contributed by atoms with van der Waals surface area (Å²) in [7, 11) is 0. The quantitative estimate of drug-likeness (QED) is 0.366. The lowest BCUT2D eigenvalue weighted by molar-refractivity contribution is 1.45. The van der Waals surface area contributed by atoms with E-state index < -0.39 is 0 Å². The molecule has 2 heterocycles. The first-order chi connectivity index (χ1) is 10.8. The number of benzene rings is 3. The third kappa shape index (κ3) is 1.59. The van der Waals surface area contributed by atoms with Crippen LogP contribution < -0.4 is 0 Å². The minimum atomic E-state index is 0.714. The number of H-pyrrole nitrogens is 1. The normalized spacial score (nSPS) is 11.9. The number of nitrogens with zero attached hydrogens (tertiary/aromatic N) is 1. The van der Waals surface area contributed by atoms with Gasteiger partial charge in [0, 0.05) is 43.8 Å². The largest absolute Gasteiger partial charge is 0.354 e. The highest BCUT2D eigenvalue weighted by molar-refractivity contribution is 6.31. The Balaban J connectivity index is 2.00. The van der Waals surface area contributed by atoms with Crippen LogP contribution in [-0.4, -0.2) is 9.97 Å². The molecule has 3 heteroatoms. The average Bonchev–Trinajstić information content (AvgIpc) is 2.90. The van der Waals surface area contributed by atoms with Gasteiger partial charge in [-0.25, -0.2) is 0 Å². The van der Waals surface area contributed by atoms with Gasteiger partial charge in [0.25, 0.3) is 0 Å². The number of aromatic nitrogens is 2. The van der Waals surface area contributed by atoms with Gasteiger partial charge in [-0.05, 0) is 35.7 Å². The third-order valence-electron chi connectivity index (χ3n) is 4.27. The zero-order valence-electron chi connectivity index (χ0n) is 11.6. The molecule has 5 rings (SSSR count). The second-order valence-electron chi connectivity index (χ2n) is 5.58. The molecule has 0 fully saturated rings. The van der Waals surface area contributed by atoms with E-state index in [0.29, 0.717) is 5.02 Å². The number of nitrogens with one attached hydrogen (secondary N) is 1. The van der Waals surface area contributed by atoms with Gasteiger partial charge in [0.05, 0.1) is 5.52 Å². The zero-order valence-corrected chi connectivity index (χ0v) is 12.4. The van der Waals surface area contributed by atoms with Crippen LogP contribution in [0.5, 0.6) is 0 Å². The Morgan fingerprint density at radius 1 is 0.773 bits per heavy atom. The van der Waals surface area contributed by atoms with Gasteiger partial charge in [-0.3, -0.25) is 4.98 Å². The number of rotatable bonds is 0. The van der Waals surface area contributed by atoms with Crippen LogP contribution in [0.1, 0.15) is 0 Å². The molecule has 0 unspecified atom stereocenters. The highest BCUT2D eigenvalue weighted by atomic mass is 35.5. The first-order valence-corrected chi connectivity index (χ1v) is 7.56. The van der Waals surface area contributed by atoms with Gasteiger partial charge in [-0.1, -0.05) is 35.9 Å². The second kappa shape index (κ2) is 4.21. The maximum Gasteiger partial charge on any atom is 0.0723 e. The summed E-state index contributed by atoms with van der Waals surface area (Å²) in [5.41, 5.74) is 3.24. The first kappa shape index (κ1) is 12.0. The molecule has 0 radical (unpaired) electrons. The van der Waals surface area contributed by atoms with Gasteiger partial charge in [0.15, 0.2) is 0 Å². The van der Waals surface area contributed by atoms with E-state index in [1.165, 1.54) is 16.2 Å². The summed E-state index contributed by atoms with van der Waals surface area (Å²) in [6.07, 6.45) is 1.93. The van der Waals surface area contributed by atoms with E-state index >= 15 is 0 Å².